The van der Waals surface area contributed by atoms with Gasteiger partial charge in [-0.05, 0) is 18.4 Å². The maximum absolute atomic E-state index is 2.25. The molecule has 0 aliphatic heterocycles. The van der Waals surface area contributed by atoms with E-state index in [4.69, 9.17) is 0 Å². The molecule has 0 spiro atoms. The molecule has 1 rings (SSSR count). The molecule has 0 atom stereocenters. The zero-order chi connectivity index (χ0) is 10.8. The molecule has 15 heavy (non-hydrogen) atoms. The molecule has 0 unspecified atom stereocenters. The lowest BCUT2D eigenvalue weighted by atomic mass is 10.2. The molecule has 0 N–H and O–H groups in total. The molecule has 0 nitrogen and oxygen atoms in total. The lowest BCUT2D eigenvalue weighted by molar-refractivity contribution is 0.729. The van der Waals surface area contributed by atoms with E-state index in [9.17, 15) is 0 Å². The highest BCUT2D eigenvalue weighted by molar-refractivity contribution is 5.50. The molecule has 0 amide bonds. The monoisotopic (exact) mass is 200 g/mol. The van der Waals surface area contributed by atoms with Crippen LogP contribution in [0.5, 0.6) is 0 Å². The lowest BCUT2D eigenvalue weighted by Crippen LogP contribution is -1.70. The summed E-state index contributed by atoms with van der Waals surface area (Å²) in [5.74, 6) is 0. The predicted molar refractivity (Wildman–Crippen MR) is 68.8 cm³/mol. The summed E-state index contributed by atoms with van der Waals surface area (Å²) in [7, 11) is 0. The zero-order valence-electron chi connectivity index (χ0n) is 9.52. The highest BCUT2D eigenvalue weighted by Gasteiger charge is 1.81. The van der Waals surface area contributed by atoms with Crippen LogP contribution in [0.25, 0.3) is 6.08 Å². The molecule has 1 aromatic rings. The number of benzene rings is 1. The summed E-state index contributed by atoms with van der Waals surface area (Å²) in [6.07, 6.45) is 13.8. The SMILES string of the molecule is CCCCC/C=C/C=C/c1ccccc1. The van der Waals surface area contributed by atoms with Gasteiger partial charge in [-0.2, -0.15) is 0 Å². The molecule has 0 heterocycles. The van der Waals surface area contributed by atoms with Crippen molar-refractivity contribution in [1.82, 2.24) is 0 Å². The first-order chi connectivity index (χ1) is 7.43. The van der Waals surface area contributed by atoms with Gasteiger partial charge < -0.3 is 0 Å². The molecule has 0 radical (unpaired) electrons. The number of hydrogen-bond donors (Lipinski definition) is 0. The first-order valence-electron chi connectivity index (χ1n) is 5.81. The Labute approximate surface area is 93.3 Å². The first-order valence-corrected chi connectivity index (χ1v) is 5.81. The van der Waals surface area contributed by atoms with Gasteiger partial charge in [0.25, 0.3) is 0 Å². The van der Waals surface area contributed by atoms with Crippen LogP contribution < -0.4 is 0 Å². The molecule has 0 aromatic heterocycles. The summed E-state index contributed by atoms with van der Waals surface area (Å²) >= 11 is 0. The summed E-state index contributed by atoms with van der Waals surface area (Å²) in [4.78, 5) is 0. The summed E-state index contributed by atoms with van der Waals surface area (Å²) in [6, 6.07) is 10.4. The smallest absolute Gasteiger partial charge is 0.0257 e. The van der Waals surface area contributed by atoms with Crippen LogP contribution in [0.15, 0.2) is 48.6 Å². The summed E-state index contributed by atoms with van der Waals surface area (Å²) in [5.41, 5.74) is 1.26. The van der Waals surface area contributed by atoms with Crippen molar-refractivity contribution in [3.63, 3.8) is 0 Å². The van der Waals surface area contributed by atoms with Crippen LogP contribution in [0.2, 0.25) is 0 Å². The van der Waals surface area contributed by atoms with Crippen LogP contribution in [0.3, 0.4) is 0 Å². The van der Waals surface area contributed by atoms with Gasteiger partial charge in [-0.1, -0.05) is 74.4 Å². The van der Waals surface area contributed by atoms with E-state index in [-0.39, 0.29) is 0 Å². The minimum atomic E-state index is 1.20. The summed E-state index contributed by atoms with van der Waals surface area (Å²) < 4.78 is 0. The highest BCUT2D eigenvalue weighted by atomic mass is 13.9. The van der Waals surface area contributed by atoms with Gasteiger partial charge in [0.1, 0.15) is 0 Å². The van der Waals surface area contributed by atoms with E-state index >= 15 is 0 Å². The van der Waals surface area contributed by atoms with E-state index in [1.807, 2.05) is 6.07 Å². The van der Waals surface area contributed by atoms with E-state index in [0.717, 1.165) is 0 Å². The fraction of sp³-hybridized carbons (Fsp3) is 0.333. The van der Waals surface area contributed by atoms with Crippen molar-refractivity contribution in [2.24, 2.45) is 0 Å². The second-order valence-electron chi connectivity index (χ2n) is 3.69. The average molecular weight is 200 g/mol. The Morgan fingerprint density at radius 3 is 2.53 bits per heavy atom. The number of unbranched alkanes of at least 4 members (excludes halogenated alkanes) is 3. The topological polar surface area (TPSA) is 0 Å². The van der Waals surface area contributed by atoms with Crippen molar-refractivity contribution >= 4 is 6.08 Å². The van der Waals surface area contributed by atoms with E-state index < -0.39 is 0 Å². The molecule has 0 bridgehead atoms. The molecular weight excluding hydrogens is 180 g/mol. The largest absolute Gasteiger partial charge is 0.0845 e. The molecule has 0 saturated carbocycles. The van der Waals surface area contributed by atoms with Gasteiger partial charge >= 0.3 is 0 Å². The van der Waals surface area contributed by atoms with Crippen LogP contribution in [0, 0.1) is 0 Å². The Morgan fingerprint density at radius 1 is 1.00 bits per heavy atom. The fourth-order valence-corrected chi connectivity index (χ4v) is 1.42. The average Bonchev–Trinajstić information content (AvgIpc) is 2.29. The Morgan fingerprint density at radius 2 is 1.80 bits per heavy atom. The Hall–Kier alpha value is -1.30. The Balaban J connectivity index is 2.22. The quantitative estimate of drug-likeness (QED) is 0.455. The van der Waals surface area contributed by atoms with E-state index in [2.05, 4.69) is 55.5 Å². The third-order valence-corrected chi connectivity index (χ3v) is 2.31. The van der Waals surface area contributed by atoms with Crippen molar-refractivity contribution in [2.75, 3.05) is 0 Å². The maximum atomic E-state index is 2.25. The zero-order valence-corrected chi connectivity index (χ0v) is 9.52. The summed E-state index contributed by atoms with van der Waals surface area (Å²) in [5, 5.41) is 0. The lowest BCUT2D eigenvalue weighted by Gasteiger charge is -1.90. The van der Waals surface area contributed by atoms with Gasteiger partial charge in [-0.15, -0.1) is 0 Å². The predicted octanol–water partition coefficient (Wildman–Crippen LogP) is 4.84. The Bertz CT molecular complexity index is 293. The van der Waals surface area contributed by atoms with Gasteiger partial charge in [0.15, 0.2) is 0 Å². The molecule has 0 saturated heterocycles. The molecular formula is C15H20. The van der Waals surface area contributed by atoms with E-state index in [1.165, 1.54) is 31.2 Å². The maximum Gasteiger partial charge on any atom is -0.0257 e. The van der Waals surface area contributed by atoms with Gasteiger partial charge in [0, 0.05) is 0 Å². The van der Waals surface area contributed by atoms with Gasteiger partial charge in [-0.3, -0.25) is 0 Å². The van der Waals surface area contributed by atoms with Crippen LogP contribution in [0.1, 0.15) is 38.2 Å². The third kappa shape index (κ3) is 5.90. The molecule has 0 aliphatic carbocycles. The van der Waals surface area contributed by atoms with Gasteiger partial charge in [-0.25, -0.2) is 0 Å². The molecule has 80 valence electrons. The fourth-order valence-electron chi connectivity index (χ4n) is 1.42. The molecule has 0 aliphatic rings. The minimum Gasteiger partial charge on any atom is -0.0845 e. The molecule has 0 heteroatoms. The van der Waals surface area contributed by atoms with Gasteiger partial charge in [0.05, 0.1) is 0 Å². The molecule has 1 aromatic carbocycles. The normalized spacial score (nSPS) is 11.5. The Kier molecular flexibility index (Phi) is 6.31. The summed E-state index contributed by atoms with van der Waals surface area (Å²) in [6.45, 7) is 2.24. The minimum absolute atomic E-state index is 1.20. The number of rotatable bonds is 6. The second kappa shape index (κ2) is 8.05. The molecule has 0 fully saturated rings. The van der Waals surface area contributed by atoms with E-state index in [0.29, 0.717) is 0 Å². The van der Waals surface area contributed by atoms with Gasteiger partial charge in [0.2, 0.25) is 0 Å². The standard InChI is InChI=1S/C15H20/c1-2-3-4-5-6-7-9-12-15-13-10-8-11-14-15/h6-14H,2-5H2,1H3/b7-6+,12-9+. The third-order valence-electron chi connectivity index (χ3n) is 2.31. The number of hydrogen-bond acceptors (Lipinski definition) is 0. The second-order valence-corrected chi connectivity index (χ2v) is 3.69. The van der Waals surface area contributed by atoms with Crippen molar-refractivity contribution in [3.05, 3.63) is 54.1 Å². The highest BCUT2D eigenvalue weighted by Crippen LogP contribution is 2.02. The number of allylic oxidation sites excluding steroid dienone is 3. The van der Waals surface area contributed by atoms with Crippen molar-refractivity contribution in [2.45, 2.75) is 32.6 Å². The van der Waals surface area contributed by atoms with Crippen LogP contribution >= 0.6 is 0 Å². The van der Waals surface area contributed by atoms with Crippen molar-refractivity contribution in [3.8, 4) is 0 Å². The van der Waals surface area contributed by atoms with Crippen molar-refractivity contribution < 1.29 is 0 Å². The van der Waals surface area contributed by atoms with Crippen LogP contribution in [0.4, 0.5) is 0 Å². The van der Waals surface area contributed by atoms with E-state index in [1.54, 1.807) is 0 Å². The van der Waals surface area contributed by atoms with Crippen LogP contribution in [-0.2, 0) is 0 Å². The van der Waals surface area contributed by atoms with Crippen molar-refractivity contribution in [1.29, 1.82) is 0 Å². The first kappa shape index (κ1) is 11.8. The van der Waals surface area contributed by atoms with Crippen LogP contribution in [-0.4, -0.2) is 0 Å².